The lowest BCUT2D eigenvalue weighted by molar-refractivity contribution is -0.130. The summed E-state index contributed by atoms with van der Waals surface area (Å²) in [6.45, 7) is 1.86. The van der Waals surface area contributed by atoms with Crippen LogP contribution in [-0.4, -0.2) is 22.9 Å². The Morgan fingerprint density at radius 2 is 1.90 bits per heavy atom. The van der Waals surface area contributed by atoms with Gasteiger partial charge in [0.2, 0.25) is 11.8 Å². The van der Waals surface area contributed by atoms with E-state index in [0.29, 0.717) is 17.8 Å². The van der Waals surface area contributed by atoms with E-state index in [9.17, 15) is 19.5 Å². The molecule has 2 heterocycles. The maximum absolute atomic E-state index is 12.1. The Morgan fingerprint density at radius 1 is 1.25 bits per heavy atom. The molecular formula is C14H15NO4S. The first kappa shape index (κ1) is 13.3. The van der Waals surface area contributed by atoms with E-state index in [1.165, 1.54) is 11.3 Å². The maximum atomic E-state index is 12.1. The van der Waals surface area contributed by atoms with Crippen molar-refractivity contribution in [3.8, 4) is 0 Å². The third-order valence-corrected chi connectivity index (χ3v) is 5.14. The second-order valence-corrected chi connectivity index (χ2v) is 6.56. The van der Waals surface area contributed by atoms with Crippen molar-refractivity contribution >= 4 is 34.1 Å². The smallest absolute Gasteiger partial charge is 0.339 e. The van der Waals surface area contributed by atoms with E-state index >= 15 is 0 Å². The van der Waals surface area contributed by atoms with E-state index in [1.807, 2.05) is 6.92 Å². The van der Waals surface area contributed by atoms with Gasteiger partial charge >= 0.3 is 5.97 Å². The van der Waals surface area contributed by atoms with Gasteiger partial charge in [0.05, 0.1) is 5.56 Å². The van der Waals surface area contributed by atoms with Crippen molar-refractivity contribution in [1.82, 2.24) is 0 Å². The van der Waals surface area contributed by atoms with E-state index in [2.05, 4.69) is 0 Å². The fourth-order valence-electron chi connectivity index (χ4n) is 2.98. The van der Waals surface area contributed by atoms with Crippen molar-refractivity contribution in [2.45, 2.75) is 39.0 Å². The van der Waals surface area contributed by atoms with Gasteiger partial charge in [0.25, 0.3) is 0 Å². The Morgan fingerprint density at radius 3 is 2.50 bits per heavy atom. The van der Waals surface area contributed by atoms with Gasteiger partial charge in [-0.25, -0.2) is 9.69 Å². The molecule has 3 rings (SSSR count). The van der Waals surface area contributed by atoms with Crippen molar-refractivity contribution in [2.24, 2.45) is 5.92 Å². The minimum absolute atomic E-state index is 0.0336. The zero-order valence-corrected chi connectivity index (χ0v) is 12.0. The number of anilines is 1. The lowest BCUT2D eigenvalue weighted by atomic mass is 9.97. The average molecular weight is 293 g/mol. The Bertz CT molecular complexity index is 601. The molecule has 6 heteroatoms. The number of rotatable bonds is 2. The van der Waals surface area contributed by atoms with Gasteiger partial charge in [-0.15, -0.1) is 11.3 Å². The molecule has 0 saturated carbocycles. The number of carbonyl (C=O) groups is 3. The summed E-state index contributed by atoms with van der Waals surface area (Å²) in [6, 6.07) is 0. The molecule has 0 spiro atoms. The molecule has 5 nitrogen and oxygen atoms in total. The Labute approximate surface area is 120 Å². The van der Waals surface area contributed by atoms with Crippen LogP contribution in [0.3, 0.4) is 0 Å². The highest BCUT2D eigenvalue weighted by molar-refractivity contribution is 7.17. The molecule has 0 aromatic carbocycles. The van der Waals surface area contributed by atoms with Crippen molar-refractivity contribution in [2.75, 3.05) is 4.90 Å². The van der Waals surface area contributed by atoms with Gasteiger partial charge in [0.1, 0.15) is 5.00 Å². The van der Waals surface area contributed by atoms with Gasteiger partial charge in [0, 0.05) is 17.7 Å². The molecule has 1 aromatic heterocycles. The molecule has 2 aliphatic rings. The first-order chi connectivity index (χ1) is 9.49. The zero-order valence-electron chi connectivity index (χ0n) is 11.1. The zero-order chi connectivity index (χ0) is 14.4. The van der Waals surface area contributed by atoms with Gasteiger partial charge in [-0.05, 0) is 30.7 Å². The van der Waals surface area contributed by atoms with Crippen LogP contribution in [0.25, 0.3) is 0 Å². The molecule has 1 fully saturated rings. The Kier molecular flexibility index (Phi) is 3.12. The van der Waals surface area contributed by atoms with Crippen LogP contribution in [0.2, 0.25) is 0 Å². The third kappa shape index (κ3) is 1.95. The van der Waals surface area contributed by atoms with E-state index in [-0.39, 0.29) is 23.3 Å². The second-order valence-electron chi connectivity index (χ2n) is 5.48. The molecule has 1 saturated heterocycles. The first-order valence-electron chi connectivity index (χ1n) is 6.72. The topological polar surface area (TPSA) is 74.7 Å². The molecule has 1 aromatic rings. The van der Waals surface area contributed by atoms with Crippen LogP contribution < -0.4 is 4.90 Å². The van der Waals surface area contributed by atoms with Crippen LogP contribution in [0.5, 0.6) is 0 Å². The molecular weight excluding hydrogens is 278 g/mol. The average Bonchev–Trinajstić information content (AvgIpc) is 2.86. The fraction of sp³-hybridized carbons (Fsp3) is 0.500. The molecule has 20 heavy (non-hydrogen) atoms. The Hall–Kier alpha value is -1.69. The van der Waals surface area contributed by atoms with Crippen LogP contribution in [0.4, 0.5) is 5.00 Å². The van der Waals surface area contributed by atoms with E-state index < -0.39 is 5.97 Å². The largest absolute Gasteiger partial charge is 0.478 e. The van der Waals surface area contributed by atoms with Crippen LogP contribution in [0.1, 0.15) is 47.0 Å². The summed E-state index contributed by atoms with van der Waals surface area (Å²) in [5.41, 5.74) is 0.982. The molecule has 0 unspecified atom stereocenters. The number of piperidine rings is 1. The number of aryl methyl sites for hydroxylation is 1. The van der Waals surface area contributed by atoms with Crippen LogP contribution in [-0.2, 0) is 22.4 Å². The fourth-order valence-corrected chi connectivity index (χ4v) is 4.40. The molecule has 2 amide bonds. The van der Waals surface area contributed by atoms with Crippen LogP contribution in [0.15, 0.2) is 0 Å². The van der Waals surface area contributed by atoms with Crippen LogP contribution in [0, 0.1) is 5.92 Å². The number of carboxylic acid groups (broad SMARTS) is 1. The van der Waals surface area contributed by atoms with Crippen molar-refractivity contribution in [3.63, 3.8) is 0 Å². The number of carbonyl (C=O) groups excluding carboxylic acids is 2. The molecule has 0 bridgehead atoms. The second kappa shape index (κ2) is 4.70. The molecule has 1 aliphatic carbocycles. The van der Waals surface area contributed by atoms with Gasteiger partial charge in [-0.2, -0.15) is 0 Å². The number of hydrogen-bond acceptors (Lipinski definition) is 4. The SMILES string of the molecule is CC1CC(=O)N(c2sc3c(c2C(=O)O)CCC3)C(=O)C1. The lowest BCUT2D eigenvalue weighted by Crippen LogP contribution is -2.43. The number of fused-ring (bicyclic) bond motifs is 1. The summed E-state index contributed by atoms with van der Waals surface area (Å²) in [7, 11) is 0. The first-order valence-corrected chi connectivity index (χ1v) is 7.54. The predicted molar refractivity (Wildman–Crippen MR) is 74.2 cm³/mol. The number of aromatic carboxylic acids is 1. The van der Waals surface area contributed by atoms with E-state index in [1.54, 1.807) is 0 Å². The summed E-state index contributed by atoms with van der Waals surface area (Å²) in [4.78, 5) is 37.9. The highest BCUT2D eigenvalue weighted by Crippen LogP contribution is 2.42. The minimum atomic E-state index is -1.04. The number of imide groups is 1. The molecule has 0 atom stereocenters. The third-order valence-electron chi connectivity index (χ3n) is 3.86. The monoisotopic (exact) mass is 293 g/mol. The van der Waals surface area contributed by atoms with Gasteiger partial charge in [0.15, 0.2) is 0 Å². The van der Waals surface area contributed by atoms with Crippen LogP contribution >= 0.6 is 11.3 Å². The predicted octanol–water partition coefficient (Wildman–Crippen LogP) is 2.22. The number of nitrogens with zero attached hydrogens (tertiary/aromatic N) is 1. The summed E-state index contributed by atoms with van der Waals surface area (Å²) in [6.07, 6.45) is 3.11. The summed E-state index contributed by atoms with van der Waals surface area (Å²) >= 11 is 1.30. The lowest BCUT2D eigenvalue weighted by Gasteiger charge is -2.27. The standard InChI is InChI=1S/C14H15NO4S/c1-7-5-10(16)15(11(17)6-7)13-12(14(18)19)8-3-2-4-9(8)20-13/h7H,2-6H2,1H3,(H,18,19). The van der Waals surface area contributed by atoms with Crippen molar-refractivity contribution in [1.29, 1.82) is 0 Å². The normalized spacial score (nSPS) is 19.6. The quantitative estimate of drug-likeness (QED) is 0.848. The number of thiophene rings is 1. The van der Waals surface area contributed by atoms with E-state index in [0.717, 1.165) is 34.6 Å². The Balaban J connectivity index is 2.08. The number of carboxylic acids is 1. The molecule has 1 aliphatic heterocycles. The van der Waals surface area contributed by atoms with E-state index in [4.69, 9.17) is 0 Å². The number of amides is 2. The van der Waals surface area contributed by atoms with Crippen molar-refractivity contribution in [3.05, 3.63) is 16.0 Å². The maximum Gasteiger partial charge on any atom is 0.339 e. The van der Waals surface area contributed by atoms with Crippen molar-refractivity contribution < 1.29 is 19.5 Å². The van der Waals surface area contributed by atoms with Gasteiger partial charge in [-0.3, -0.25) is 9.59 Å². The van der Waals surface area contributed by atoms with Gasteiger partial charge < -0.3 is 5.11 Å². The minimum Gasteiger partial charge on any atom is -0.478 e. The molecule has 0 radical (unpaired) electrons. The summed E-state index contributed by atoms with van der Waals surface area (Å²) in [5, 5.41) is 9.75. The number of hydrogen-bond donors (Lipinski definition) is 1. The summed E-state index contributed by atoms with van der Waals surface area (Å²) < 4.78 is 0. The molecule has 106 valence electrons. The molecule has 1 N–H and O–H groups in total. The highest BCUT2D eigenvalue weighted by Gasteiger charge is 2.37. The summed E-state index contributed by atoms with van der Waals surface area (Å²) in [5.74, 6) is -1.57. The highest BCUT2D eigenvalue weighted by atomic mass is 32.1. The van der Waals surface area contributed by atoms with Gasteiger partial charge in [-0.1, -0.05) is 6.92 Å².